The lowest BCUT2D eigenvalue weighted by atomic mass is 9.87. The molecule has 1 unspecified atom stereocenters. The summed E-state index contributed by atoms with van der Waals surface area (Å²) in [6.07, 6.45) is 8.33. The number of rotatable bonds is 36. The highest BCUT2D eigenvalue weighted by molar-refractivity contribution is 5.88. The number of likely N-dealkylation sites (tertiary alicyclic amines) is 4. The van der Waals surface area contributed by atoms with E-state index >= 15 is 39.5 Å². The van der Waals surface area contributed by atoms with E-state index < -0.39 is 158 Å². The monoisotopic (exact) mass is 2070 g/mol. The molecule has 0 aliphatic carbocycles. The molecule has 0 bridgehead atoms. The van der Waals surface area contributed by atoms with Gasteiger partial charge in [0, 0.05) is 233 Å². The van der Waals surface area contributed by atoms with E-state index in [9.17, 15) is 46.8 Å². The van der Waals surface area contributed by atoms with Crippen molar-refractivity contribution < 1.29 is 105 Å². The maximum Gasteiger partial charge on any atom is 0.283 e. The second-order valence-corrected chi connectivity index (χ2v) is 42.0. The molecule has 4 fully saturated rings. The number of unbranched alkanes of at least 4 members (excludes halogenated alkanes) is 2. The van der Waals surface area contributed by atoms with Crippen LogP contribution in [-0.4, -0.2) is 284 Å². The van der Waals surface area contributed by atoms with Crippen LogP contribution in [0.4, 0.5) is 65.9 Å². The summed E-state index contributed by atoms with van der Waals surface area (Å²) in [6, 6.07) is 33.7. The summed E-state index contributed by atoms with van der Waals surface area (Å²) < 4.78 is 250. The van der Waals surface area contributed by atoms with Gasteiger partial charge in [-0.3, -0.25) is 39.2 Å². The molecule has 0 saturated carbocycles. The quantitative estimate of drug-likeness (QED) is 0.0172. The lowest BCUT2D eigenvalue weighted by Crippen LogP contribution is -2.53. The second kappa shape index (κ2) is 46.0. The van der Waals surface area contributed by atoms with Crippen molar-refractivity contribution in [2.75, 3.05) is 144 Å². The number of ether oxygens (including phenoxy) is 4. The smallest absolute Gasteiger partial charge is 0.283 e. The fourth-order valence-corrected chi connectivity index (χ4v) is 22.8. The molecule has 20 rings (SSSR count). The van der Waals surface area contributed by atoms with E-state index in [0.717, 1.165) is 193 Å². The molecule has 8 aliphatic heterocycles. The summed E-state index contributed by atoms with van der Waals surface area (Å²) in [5.74, 6) is -15.1. The summed E-state index contributed by atoms with van der Waals surface area (Å²) in [5.41, 5.74) is 5.88. The first-order valence-corrected chi connectivity index (χ1v) is 51.9. The number of aromatic nitrogens is 4. The summed E-state index contributed by atoms with van der Waals surface area (Å²) in [7, 11) is 0. The van der Waals surface area contributed by atoms with Crippen molar-refractivity contribution in [2.24, 2.45) is 11.8 Å². The van der Waals surface area contributed by atoms with Gasteiger partial charge in [0.15, 0.2) is 0 Å². The Bertz CT molecular complexity index is 6090. The number of para-hydroxylation sites is 4. The zero-order valence-corrected chi connectivity index (χ0v) is 85.1. The van der Waals surface area contributed by atoms with E-state index in [-0.39, 0.29) is 70.0 Å². The van der Waals surface area contributed by atoms with Crippen LogP contribution in [0.1, 0.15) is 192 Å². The average molecular weight is 2070 g/mol. The van der Waals surface area contributed by atoms with Crippen molar-refractivity contribution in [3.05, 3.63) is 259 Å². The molecule has 4 saturated heterocycles. The van der Waals surface area contributed by atoms with Gasteiger partial charge in [0.1, 0.15) is 120 Å². The zero-order chi connectivity index (χ0) is 105. The molecular formula is C113H135F15N12O8. The van der Waals surface area contributed by atoms with Crippen LogP contribution in [0, 0.1) is 58.4 Å². The van der Waals surface area contributed by atoms with Gasteiger partial charge in [0.25, 0.3) is 17.8 Å². The van der Waals surface area contributed by atoms with E-state index in [1.165, 1.54) is 33.8 Å². The van der Waals surface area contributed by atoms with E-state index in [4.69, 9.17) is 18.9 Å². The minimum Gasteiger partial charge on any atom is -0.492 e. The Morgan fingerprint density at radius 3 is 0.811 bits per heavy atom. The summed E-state index contributed by atoms with van der Waals surface area (Å²) >= 11 is 0. The number of nitrogens with one attached hydrogen (secondary N) is 4. The number of H-pyrrole nitrogens is 4. The maximum atomic E-state index is 15.8. The number of aliphatic hydroxyl groups excluding tert-OH is 4. The number of hydrogen-bond acceptors (Lipinski definition) is 16. The first-order valence-electron chi connectivity index (χ1n) is 51.9. The molecule has 4 aromatic heterocycles. The van der Waals surface area contributed by atoms with E-state index in [2.05, 4.69) is 67.2 Å². The van der Waals surface area contributed by atoms with Crippen LogP contribution in [0.3, 0.4) is 0 Å². The van der Waals surface area contributed by atoms with Gasteiger partial charge in [-0.15, -0.1) is 0 Å². The minimum absolute atomic E-state index is 0.0688. The van der Waals surface area contributed by atoms with E-state index in [0.29, 0.717) is 99.7 Å². The predicted octanol–water partition coefficient (Wildman–Crippen LogP) is 20.9. The Kier molecular flexibility index (Phi) is 33.8. The van der Waals surface area contributed by atoms with Gasteiger partial charge in [0.2, 0.25) is 0 Å². The van der Waals surface area contributed by atoms with Crippen molar-refractivity contribution in [3.63, 3.8) is 0 Å². The van der Waals surface area contributed by atoms with Crippen molar-refractivity contribution >= 4 is 43.6 Å². The molecule has 8 aromatic carbocycles. The SMILES string of the molecule is CCC1CN(CCOc2cc(F)c([C@@H]3c4[nH]c5ccccc5c4C[C@@H](C)N3CC(F)(F)CO)c(F)c2)C1.CCC1CN(CCOc2cc(F)c([C@@H]3c4[nH]c5ccccc5c4C[C@@H](C)N3CC(F)(F)CO)c(F)c2)C1.CCCCN1CC(Oc2cc(F)c([C@@H]3c4[nH]c5ccccc5c4C[C@@H](C)N3CC(C)(F)CO)c(F)c2)C1.CCCCN1CC(Oc2cc(F)c([C@@H]3c4[nH]c5ccccc5c4C[C@@H](C)N3CC(F)(F)CO)c(F)c2)C1. The van der Waals surface area contributed by atoms with Crippen molar-refractivity contribution in [3.8, 4) is 23.0 Å². The van der Waals surface area contributed by atoms with Gasteiger partial charge in [-0.1, -0.05) is 126 Å². The molecule has 800 valence electrons. The lowest BCUT2D eigenvalue weighted by Gasteiger charge is -2.43. The van der Waals surface area contributed by atoms with Crippen molar-refractivity contribution in [2.45, 2.75) is 211 Å². The zero-order valence-electron chi connectivity index (χ0n) is 85.1. The van der Waals surface area contributed by atoms with Crippen molar-refractivity contribution in [1.29, 1.82) is 0 Å². The molecule has 0 amide bonds. The maximum absolute atomic E-state index is 15.8. The molecule has 12 aromatic rings. The molecule has 8 aliphatic rings. The molecule has 9 atom stereocenters. The molecular weight excluding hydrogens is 1940 g/mol. The van der Waals surface area contributed by atoms with Gasteiger partial charge in [-0.2, -0.15) is 0 Å². The second-order valence-electron chi connectivity index (χ2n) is 42.0. The fraction of sp³-hybridized carbons (Fsp3) is 0.504. The summed E-state index contributed by atoms with van der Waals surface area (Å²) in [4.78, 5) is 27.9. The highest BCUT2D eigenvalue weighted by atomic mass is 19.3. The van der Waals surface area contributed by atoms with Crippen LogP contribution in [-0.2, 0) is 25.7 Å². The van der Waals surface area contributed by atoms with E-state index in [1.54, 1.807) is 25.7 Å². The highest BCUT2D eigenvalue weighted by Gasteiger charge is 2.50. The standard InChI is InChI=1S/C29H36F3N3O2.3C28H33F4N3O2/c1-4-5-10-34-14-20(15-34)37-19-12-23(30)26(24(31)13-19)28-27-22(21-8-6-7-9-25(21)33-27)11-18(2)35(28)16-29(3,32)17-36;2*1-3-18-13-34(14-18)8-9-37-19-11-22(29)25(23(30)12-19)27-26-21(20-6-4-5-7-24(20)33-26)10-17(2)35(27)15-28(31,32)16-36;1-3-4-9-34-13-19(14-34)37-18-11-22(29)25(23(30)12-18)27-26-21(20-7-5-6-8-24(20)33-26)10-17(2)35(27)15-28(31,32)16-36/h6-9,12-13,18,20,28,33,36H,4-5,10-11,14-17H2,1-3H3;2*4-7,11-12,17-18,27,33,36H,3,8-10,13-16H2,1-2H3;5-8,11-12,17,19,27,33,36H,3-4,9-10,13-16H2,1-2H3/t18-,28-,29?;3*17-,27-/m1111/s1. The first kappa shape index (κ1) is 109. The molecule has 0 radical (unpaired) electrons. The molecule has 8 N–H and O–H groups in total. The van der Waals surface area contributed by atoms with E-state index in [1.807, 2.05) is 104 Å². The van der Waals surface area contributed by atoms with Crippen LogP contribution in [0.15, 0.2) is 146 Å². The predicted molar refractivity (Wildman–Crippen MR) is 541 cm³/mol. The number of aliphatic hydroxyl groups is 4. The number of hydrogen-bond donors (Lipinski definition) is 8. The number of halogens is 15. The highest BCUT2D eigenvalue weighted by Crippen LogP contribution is 2.51. The molecule has 35 heteroatoms. The first-order chi connectivity index (χ1) is 70.8. The Balaban J connectivity index is 0.000000135. The minimum atomic E-state index is -3.43. The third-order valence-corrected chi connectivity index (χ3v) is 30.8. The topological polar surface area (TPSA) is 207 Å². The normalized spacial score (nSPS) is 21.6. The third kappa shape index (κ3) is 23.7. The number of fused-ring (bicyclic) bond motifs is 12. The Morgan fingerprint density at radius 1 is 0.324 bits per heavy atom. The largest absolute Gasteiger partial charge is 0.492 e. The molecule has 12 heterocycles. The van der Waals surface area contributed by atoms with Crippen LogP contribution in [0.25, 0.3) is 43.6 Å². The number of nitrogens with zero attached hydrogens (tertiary/aromatic N) is 8. The lowest BCUT2D eigenvalue weighted by molar-refractivity contribution is -0.0870. The van der Waals surface area contributed by atoms with Crippen molar-refractivity contribution in [1.82, 2.24) is 59.1 Å². The van der Waals surface area contributed by atoms with Gasteiger partial charge in [0.05, 0.1) is 50.4 Å². The van der Waals surface area contributed by atoms with Crippen LogP contribution in [0.5, 0.6) is 23.0 Å². The fourth-order valence-electron chi connectivity index (χ4n) is 22.8. The van der Waals surface area contributed by atoms with Gasteiger partial charge in [-0.05, 0) is 145 Å². The summed E-state index contributed by atoms with van der Waals surface area (Å²) in [5, 5.41) is 41.1. The van der Waals surface area contributed by atoms with Gasteiger partial charge < -0.3 is 59.3 Å². The van der Waals surface area contributed by atoms with Crippen LogP contribution in [0.2, 0.25) is 0 Å². The van der Waals surface area contributed by atoms with Crippen LogP contribution < -0.4 is 18.9 Å². The molecule has 20 nitrogen and oxygen atoms in total. The van der Waals surface area contributed by atoms with Crippen LogP contribution >= 0.6 is 0 Å². The summed E-state index contributed by atoms with van der Waals surface area (Å²) in [6.45, 7) is 20.5. The third-order valence-electron chi connectivity index (χ3n) is 30.8. The van der Waals surface area contributed by atoms with Gasteiger partial charge >= 0.3 is 0 Å². The number of aromatic amines is 4. The average Bonchev–Trinajstić information content (AvgIpc) is 1.58. The number of benzene rings is 8. The Hall–Kier alpha value is -10.4. The molecule has 148 heavy (non-hydrogen) atoms. The number of alkyl halides is 7. The molecule has 0 spiro atoms. The van der Waals surface area contributed by atoms with Gasteiger partial charge in [-0.25, -0.2) is 65.9 Å². The Labute approximate surface area is 852 Å². The Morgan fingerprint density at radius 2 is 0.568 bits per heavy atom.